The number of carbonyl (C=O) groups excluding carboxylic acids is 3. The molecule has 1 N–H and O–H groups in total. The molecule has 138 valence electrons. The first kappa shape index (κ1) is 17.9. The Labute approximate surface area is 165 Å². The summed E-state index contributed by atoms with van der Waals surface area (Å²) in [5.74, 6) is -0.945. The van der Waals surface area contributed by atoms with Gasteiger partial charge in [-0.05, 0) is 55.3 Å². The minimum Gasteiger partial charge on any atom is -0.322 e. The number of hydrogen-bond acceptors (Lipinski definition) is 3. The zero-order valence-electron chi connectivity index (χ0n) is 14.7. The Hall–Kier alpha value is -2.47. The van der Waals surface area contributed by atoms with E-state index in [1.165, 1.54) is 4.90 Å². The Kier molecular flexibility index (Phi) is 4.83. The van der Waals surface area contributed by atoms with Crippen LogP contribution in [0.4, 0.5) is 11.4 Å². The number of benzene rings is 2. The van der Waals surface area contributed by atoms with E-state index in [0.717, 1.165) is 30.2 Å². The molecule has 3 amide bonds. The van der Waals surface area contributed by atoms with E-state index in [2.05, 4.69) is 21.2 Å². The Morgan fingerprint density at radius 2 is 1.59 bits per heavy atom. The van der Waals surface area contributed by atoms with Gasteiger partial charge in [0.05, 0.1) is 17.5 Å². The fraction of sp³-hybridized carbons (Fsp3) is 0.286. The van der Waals surface area contributed by atoms with Crippen LogP contribution in [0.5, 0.6) is 0 Å². The summed E-state index contributed by atoms with van der Waals surface area (Å²) in [6.45, 7) is 0. The lowest BCUT2D eigenvalue weighted by Gasteiger charge is -2.19. The third-order valence-electron chi connectivity index (χ3n) is 5.31. The largest absolute Gasteiger partial charge is 0.322 e. The molecule has 4 rings (SSSR count). The van der Waals surface area contributed by atoms with Crippen LogP contribution < -0.4 is 10.2 Å². The van der Waals surface area contributed by atoms with Gasteiger partial charge < -0.3 is 5.32 Å². The number of nitrogens with zero attached hydrogens (tertiary/aromatic N) is 1. The molecule has 1 heterocycles. The number of hydrogen-bond donors (Lipinski definition) is 1. The molecule has 2 aromatic rings. The lowest BCUT2D eigenvalue weighted by Crippen LogP contribution is -2.31. The third-order valence-corrected chi connectivity index (χ3v) is 5.84. The first-order valence-corrected chi connectivity index (χ1v) is 9.89. The van der Waals surface area contributed by atoms with Gasteiger partial charge in [0, 0.05) is 15.7 Å². The maximum absolute atomic E-state index is 12.8. The molecule has 2 aromatic carbocycles. The van der Waals surface area contributed by atoms with Crippen molar-refractivity contribution in [3.05, 3.63) is 58.6 Å². The van der Waals surface area contributed by atoms with E-state index in [9.17, 15) is 14.4 Å². The lowest BCUT2D eigenvalue weighted by atomic mass is 9.81. The number of nitrogens with one attached hydrogen (secondary N) is 1. The van der Waals surface area contributed by atoms with Gasteiger partial charge in [0.25, 0.3) is 5.91 Å². The highest BCUT2D eigenvalue weighted by atomic mass is 79.9. The van der Waals surface area contributed by atoms with Gasteiger partial charge >= 0.3 is 0 Å². The van der Waals surface area contributed by atoms with Gasteiger partial charge in [-0.2, -0.15) is 0 Å². The molecule has 2 fully saturated rings. The van der Waals surface area contributed by atoms with Gasteiger partial charge in [0.1, 0.15) is 0 Å². The molecule has 1 saturated heterocycles. The molecule has 5 nitrogen and oxygen atoms in total. The number of anilines is 2. The number of rotatable bonds is 3. The van der Waals surface area contributed by atoms with E-state index in [-0.39, 0.29) is 29.6 Å². The van der Waals surface area contributed by atoms with Crippen molar-refractivity contribution in [2.45, 2.75) is 25.7 Å². The summed E-state index contributed by atoms with van der Waals surface area (Å²) in [7, 11) is 0. The van der Waals surface area contributed by atoms with Crippen molar-refractivity contribution >= 4 is 45.0 Å². The maximum atomic E-state index is 12.8. The highest BCUT2D eigenvalue weighted by Crippen LogP contribution is 2.40. The predicted octanol–water partition coefficient (Wildman–Crippen LogP) is 4.38. The molecule has 6 heteroatoms. The monoisotopic (exact) mass is 426 g/mol. The number of amides is 3. The van der Waals surface area contributed by atoms with Gasteiger partial charge in [-0.1, -0.05) is 34.8 Å². The van der Waals surface area contributed by atoms with Crippen molar-refractivity contribution in [1.29, 1.82) is 0 Å². The van der Waals surface area contributed by atoms with Gasteiger partial charge in [-0.3, -0.25) is 19.3 Å². The molecule has 27 heavy (non-hydrogen) atoms. The quantitative estimate of drug-likeness (QED) is 0.740. The number of carbonyl (C=O) groups is 3. The second-order valence-corrected chi connectivity index (χ2v) is 7.94. The van der Waals surface area contributed by atoms with Crippen LogP contribution in [0.1, 0.15) is 36.0 Å². The zero-order valence-corrected chi connectivity index (χ0v) is 16.2. The van der Waals surface area contributed by atoms with Gasteiger partial charge in [-0.15, -0.1) is 0 Å². The van der Waals surface area contributed by atoms with E-state index in [0.29, 0.717) is 16.9 Å². The van der Waals surface area contributed by atoms with E-state index < -0.39 is 0 Å². The van der Waals surface area contributed by atoms with Crippen molar-refractivity contribution in [1.82, 2.24) is 0 Å². The number of fused-ring (bicyclic) bond motifs is 1. The summed E-state index contributed by atoms with van der Waals surface area (Å²) >= 11 is 3.36. The minimum absolute atomic E-state index is 0.129. The van der Waals surface area contributed by atoms with Crippen LogP contribution in [0.25, 0.3) is 0 Å². The molecule has 0 radical (unpaired) electrons. The number of halogens is 1. The second kappa shape index (κ2) is 7.27. The van der Waals surface area contributed by atoms with E-state index in [1.807, 2.05) is 12.1 Å². The van der Waals surface area contributed by atoms with Crippen molar-refractivity contribution in [2.75, 3.05) is 10.2 Å². The molecule has 1 aliphatic heterocycles. The first-order chi connectivity index (χ1) is 13.0. The molecule has 1 saturated carbocycles. The normalized spacial score (nSPS) is 21.9. The van der Waals surface area contributed by atoms with Gasteiger partial charge in [0.15, 0.2) is 0 Å². The summed E-state index contributed by atoms with van der Waals surface area (Å²) in [6, 6.07) is 14.0. The molecule has 0 aromatic heterocycles. The van der Waals surface area contributed by atoms with E-state index in [4.69, 9.17) is 0 Å². The predicted molar refractivity (Wildman–Crippen MR) is 106 cm³/mol. The molecule has 0 spiro atoms. The van der Waals surface area contributed by atoms with Crippen LogP contribution in [0, 0.1) is 11.8 Å². The van der Waals surface area contributed by atoms with Crippen molar-refractivity contribution in [3.8, 4) is 0 Å². The molecule has 1 aliphatic carbocycles. The minimum atomic E-state index is -0.282. The van der Waals surface area contributed by atoms with Crippen LogP contribution >= 0.6 is 15.9 Å². The summed E-state index contributed by atoms with van der Waals surface area (Å²) in [6.07, 6.45) is 3.53. The molecule has 2 atom stereocenters. The summed E-state index contributed by atoms with van der Waals surface area (Å²) in [4.78, 5) is 39.4. The summed E-state index contributed by atoms with van der Waals surface area (Å²) in [5, 5.41) is 2.83. The zero-order chi connectivity index (χ0) is 19.0. The molecular weight excluding hydrogens is 408 g/mol. The van der Waals surface area contributed by atoms with Crippen molar-refractivity contribution in [3.63, 3.8) is 0 Å². The smallest absolute Gasteiger partial charge is 0.255 e. The lowest BCUT2D eigenvalue weighted by molar-refractivity contribution is -0.122. The van der Waals surface area contributed by atoms with E-state index in [1.54, 1.807) is 36.4 Å². The van der Waals surface area contributed by atoms with Crippen LogP contribution in [0.2, 0.25) is 0 Å². The fourth-order valence-corrected chi connectivity index (χ4v) is 4.20. The van der Waals surface area contributed by atoms with Crippen LogP contribution in [0.15, 0.2) is 53.0 Å². The Bertz CT molecular complexity index is 886. The van der Waals surface area contributed by atoms with Gasteiger partial charge in [-0.25, -0.2) is 0 Å². The van der Waals surface area contributed by atoms with Crippen LogP contribution in [-0.4, -0.2) is 17.7 Å². The fourth-order valence-electron chi connectivity index (χ4n) is 3.94. The molecule has 2 aliphatic rings. The topological polar surface area (TPSA) is 66.5 Å². The molecule has 0 bridgehead atoms. The molecule has 0 unspecified atom stereocenters. The number of imide groups is 1. The summed E-state index contributed by atoms with van der Waals surface area (Å²) in [5.41, 5.74) is 1.56. The standard InChI is InChI=1S/C21H19BrN2O3/c22-14-8-10-15(11-9-14)23-19(25)13-4-3-5-16(12-13)24-20(26)17-6-1-2-7-18(17)21(24)27/h3-5,8-12,17-18H,1-2,6-7H2,(H,23,25)/t17-,18+. The summed E-state index contributed by atoms with van der Waals surface area (Å²) < 4.78 is 0.926. The SMILES string of the molecule is O=C(Nc1ccc(Br)cc1)c1cccc(N2C(=O)[C@H]3CCCC[C@H]3C2=O)c1. The van der Waals surface area contributed by atoms with E-state index >= 15 is 0 Å². The first-order valence-electron chi connectivity index (χ1n) is 9.09. The highest BCUT2D eigenvalue weighted by Gasteiger charge is 2.48. The Morgan fingerprint density at radius 1 is 0.963 bits per heavy atom. The van der Waals surface area contributed by atoms with Crippen molar-refractivity contribution < 1.29 is 14.4 Å². The second-order valence-electron chi connectivity index (χ2n) is 7.02. The average Bonchev–Trinajstić information content (AvgIpc) is 2.95. The van der Waals surface area contributed by atoms with Crippen molar-refractivity contribution in [2.24, 2.45) is 11.8 Å². The van der Waals surface area contributed by atoms with Crippen LogP contribution in [-0.2, 0) is 9.59 Å². The average molecular weight is 427 g/mol. The highest BCUT2D eigenvalue weighted by molar-refractivity contribution is 9.10. The Balaban J connectivity index is 1.57. The third kappa shape index (κ3) is 3.41. The maximum Gasteiger partial charge on any atom is 0.255 e. The van der Waals surface area contributed by atoms with Crippen LogP contribution in [0.3, 0.4) is 0 Å². The van der Waals surface area contributed by atoms with Gasteiger partial charge in [0.2, 0.25) is 11.8 Å². The Morgan fingerprint density at radius 3 is 2.22 bits per heavy atom. The molecular formula is C21H19BrN2O3.